The van der Waals surface area contributed by atoms with Gasteiger partial charge in [0.1, 0.15) is 0 Å². The Balaban J connectivity index is 2.86. The molecule has 2 rings (SSSR count). The van der Waals surface area contributed by atoms with Crippen LogP contribution in [0.3, 0.4) is 0 Å². The molecule has 0 saturated heterocycles. The summed E-state index contributed by atoms with van der Waals surface area (Å²) in [6.07, 6.45) is 0. The summed E-state index contributed by atoms with van der Waals surface area (Å²) in [5.74, 6) is -0.622. The van der Waals surface area contributed by atoms with Gasteiger partial charge in [-0.3, -0.25) is 4.79 Å². The molecule has 0 saturated carbocycles. The lowest BCUT2D eigenvalue weighted by atomic mass is 10.1. The van der Waals surface area contributed by atoms with Crippen molar-refractivity contribution < 1.29 is 9.53 Å². The van der Waals surface area contributed by atoms with E-state index in [2.05, 4.69) is 14.9 Å². The summed E-state index contributed by atoms with van der Waals surface area (Å²) < 4.78 is 4.56. The van der Waals surface area contributed by atoms with Gasteiger partial charge in [-0.2, -0.15) is 5.10 Å². The molecule has 16 heavy (non-hydrogen) atoms. The van der Waals surface area contributed by atoms with E-state index in [0.717, 1.165) is 0 Å². The van der Waals surface area contributed by atoms with E-state index in [0.29, 0.717) is 15.8 Å². The highest BCUT2D eigenvalue weighted by Gasteiger charge is 2.14. The van der Waals surface area contributed by atoms with Gasteiger partial charge < -0.3 is 4.74 Å². The van der Waals surface area contributed by atoms with Gasteiger partial charge in [0.05, 0.1) is 12.5 Å². The van der Waals surface area contributed by atoms with Crippen molar-refractivity contribution in [2.75, 3.05) is 7.11 Å². The molecular formula is C10H7ClN2O3. The predicted octanol–water partition coefficient (Wildman–Crippen LogP) is 1.36. The number of nitrogens with one attached hydrogen (secondary N) is 1. The van der Waals surface area contributed by atoms with Gasteiger partial charge in [0.2, 0.25) is 0 Å². The van der Waals surface area contributed by atoms with Gasteiger partial charge in [-0.05, 0) is 18.2 Å². The van der Waals surface area contributed by atoms with Crippen molar-refractivity contribution in [3.63, 3.8) is 0 Å². The number of methoxy groups -OCH3 is 1. The molecule has 6 heteroatoms. The number of hydrogen-bond acceptors (Lipinski definition) is 4. The number of aromatic amines is 1. The Kier molecular flexibility index (Phi) is 2.62. The molecule has 0 amide bonds. The van der Waals surface area contributed by atoms with Crippen LogP contribution in [-0.4, -0.2) is 23.3 Å². The molecule has 0 fully saturated rings. The van der Waals surface area contributed by atoms with Gasteiger partial charge in [-0.15, -0.1) is 0 Å². The number of nitrogens with zero attached hydrogens (tertiary/aromatic N) is 1. The highest BCUT2D eigenvalue weighted by atomic mass is 35.5. The van der Waals surface area contributed by atoms with Crippen LogP contribution in [0.15, 0.2) is 23.0 Å². The Bertz CT molecular complexity index is 621. The summed E-state index contributed by atoms with van der Waals surface area (Å²) in [4.78, 5) is 22.8. The monoisotopic (exact) mass is 238 g/mol. The smallest absolute Gasteiger partial charge is 0.359 e. The van der Waals surface area contributed by atoms with Gasteiger partial charge >= 0.3 is 5.97 Å². The quantitative estimate of drug-likeness (QED) is 0.762. The molecule has 5 nitrogen and oxygen atoms in total. The molecule has 0 atom stereocenters. The number of esters is 1. The fourth-order valence-electron chi connectivity index (χ4n) is 1.39. The van der Waals surface area contributed by atoms with E-state index >= 15 is 0 Å². The van der Waals surface area contributed by atoms with E-state index in [4.69, 9.17) is 11.6 Å². The maximum absolute atomic E-state index is 11.4. The topological polar surface area (TPSA) is 72.0 Å². The molecule has 0 bridgehead atoms. The van der Waals surface area contributed by atoms with Crippen molar-refractivity contribution in [3.05, 3.63) is 39.3 Å². The van der Waals surface area contributed by atoms with Crippen molar-refractivity contribution >= 4 is 28.3 Å². The van der Waals surface area contributed by atoms with Crippen molar-refractivity contribution in [2.45, 2.75) is 0 Å². The second kappa shape index (κ2) is 3.94. The standard InChI is InChI=1S/C10H7ClN2O3/c1-16-10(15)8-7-4-5(11)2-3-6(7)9(14)13-12-8/h2-4H,1H3,(H,13,14). The highest BCUT2D eigenvalue weighted by Crippen LogP contribution is 2.18. The van der Waals surface area contributed by atoms with Crippen LogP contribution in [0.4, 0.5) is 0 Å². The molecule has 0 spiro atoms. The molecule has 0 aliphatic carbocycles. The average molecular weight is 239 g/mol. The number of hydrogen-bond donors (Lipinski definition) is 1. The second-order valence-electron chi connectivity index (χ2n) is 3.08. The van der Waals surface area contributed by atoms with Crippen LogP contribution in [-0.2, 0) is 4.74 Å². The van der Waals surface area contributed by atoms with E-state index in [9.17, 15) is 9.59 Å². The van der Waals surface area contributed by atoms with Gasteiger partial charge in [-0.25, -0.2) is 9.89 Å². The largest absolute Gasteiger partial charge is 0.464 e. The first kappa shape index (κ1) is 10.6. The third kappa shape index (κ3) is 1.65. The van der Waals surface area contributed by atoms with Crippen LogP contribution in [0.5, 0.6) is 0 Å². The van der Waals surface area contributed by atoms with Crippen LogP contribution in [0, 0.1) is 0 Å². The van der Waals surface area contributed by atoms with Crippen LogP contribution in [0.2, 0.25) is 5.02 Å². The summed E-state index contributed by atoms with van der Waals surface area (Å²) >= 11 is 5.80. The van der Waals surface area contributed by atoms with Crippen LogP contribution in [0.1, 0.15) is 10.5 Å². The Morgan fingerprint density at radius 2 is 2.19 bits per heavy atom. The second-order valence-corrected chi connectivity index (χ2v) is 3.52. The van der Waals surface area contributed by atoms with E-state index in [1.807, 2.05) is 0 Å². The predicted molar refractivity (Wildman–Crippen MR) is 58.7 cm³/mol. The molecule has 0 radical (unpaired) electrons. The zero-order chi connectivity index (χ0) is 11.7. The number of H-pyrrole nitrogens is 1. The van der Waals surface area contributed by atoms with Crippen molar-refractivity contribution in [1.29, 1.82) is 0 Å². The maximum atomic E-state index is 11.4. The molecule has 0 aliphatic rings. The minimum Gasteiger partial charge on any atom is -0.464 e. The van der Waals surface area contributed by atoms with Crippen molar-refractivity contribution in [2.24, 2.45) is 0 Å². The fourth-order valence-corrected chi connectivity index (χ4v) is 1.56. The first-order valence-corrected chi connectivity index (χ1v) is 4.77. The molecule has 1 aromatic carbocycles. The molecule has 0 unspecified atom stereocenters. The van der Waals surface area contributed by atoms with E-state index in [1.165, 1.54) is 19.2 Å². The number of fused-ring (bicyclic) bond motifs is 1. The summed E-state index contributed by atoms with van der Waals surface area (Å²) in [7, 11) is 1.24. The fraction of sp³-hybridized carbons (Fsp3) is 0.100. The van der Waals surface area contributed by atoms with Gasteiger partial charge in [0.15, 0.2) is 5.69 Å². The van der Waals surface area contributed by atoms with E-state index in [1.54, 1.807) is 6.07 Å². The zero-order valence-corrected chi connectivity index (χ0v) is 9.04. The van der Waals surface area contributed by atoms with Gasteiger partial charge in [0, 0.05) is 10.4 Å². The van der Waals surface area contributed by atoms with Crippen LogP contribution >= 0.6 is 11.6 Å². The maximum Gasteiger partial charge on any atom is 0.359 e. The minimum atomic E-state index is -0.622. The normalized spacial score (nSPS) is 10.4. The van der Waals surface area contributed by atoms with Crippen molar-refractivity contribution in [1.82, 2.24) is 10.2 Å². The number of ether oxygens (including phenoxy) is 1. The SMILES string of the molecule is COC(=O)c1n[nH]c(=O)c2ccc(Cl)cc12. The summed E-state index contributed by atoms with van der Waals surface area (Å²) in [5.41, 5.74) is -0.334. The number of rotatable bonds is 1. The Labute approximate surface area is 95.0 Å². The number of benzene rings is 1. The zero-order valence-electron chi connectivity index (χ0n) is 8.28. The summed E-state index contributed by atoms with van der Waals surface area (Å²) in [5, 5.41) is 7.02. The molecule has 1 N–H and O–H groups in total. The molecular weight excluding hydrogens is 232 g/mol. The Hall–Kier alpha value is -1.88. The third-order valence-electron chi connectivity index (χ3n) is 2.13. The molecule has 2 aromatic rings. The molecule has 1 aromatic heterocycles. The van der Waals surface area contributed by atoms with Gasteiger partial charge in [0.25, 0.3) is 5.56 Å². The van der Waals surface area contributed by atoms with E-state index in [-0.39, 0.29) is 11.3 Å². The Morgan fingerprint density at radius 1 is 1.44 bits per heavy atom. The Morgan fingerprint density at radius 3 is 2.88 bits per heavy atom. The summed E-state index contributed by atoms with van der Waals surface area (Å²) in [6, 6.07) is 4.61. The number of halogens is 1. The summed E-state index contributed by atoms with van der Waals surface area (Å²) in [6.45, 7) is 0. The highest BCUT2D eigenvalue weighted by molar-refractivity contribution is 6.31. The first-order chi connectivity index (χ1) is 7.63. The van der Waals surface area contributed by atoms with Gasteiger partial charge in [-0.1, -0.05) is 11.6 Å². The number of carbonyl (C=O) groups excluding carboxylic acids is 1. The van der Waals surface area contributed by atoms with E-state index < -0.39 is 5.97 Å². The average Bonchev–Trinajstić information content (AvgIpc) is 2.28. The molecule has 0 aliphatic heterocycles. The number of aromatic nitrogens is 2. The molecule has 1 heterocycles. The first-order valence-electron chi connectivity index (χ1n) is 4.39. The van der Waals surface area contributed by atoms with Crippen LogP contribution in [0.25, 0.3) is 10.8 Å². The molecule has 82 valence electrons. The minimum absolute atomic E-state index is 0.0413. The lowest BCUT2D eigenvalue weighted by Crippen LogP contribution is -2.15. The number of carbonyl (C=O) groups is 1. The lowest BCUT2D eigenvalue weighted by molar-refractivity contribution is 0.0595. The van der Waals surface area contributed by atoms with Crippen molar-refractivity contribution in [3.8, 4) is 0 Å². The third-order valence-corrected chi connectivity index (χ3v) is 2.36. The van der Waals surface area contributed by atoms with Crippen LogP contribution < -0.4 is 5.56 Å². The lowest BCUT2D eigenvalue weighted by Gasteiger charge is -2.02.